The molecule has 3 unspecified atom stereocenters. The monoisotopic (exact) mass is 225 g/mol. The summed E-state index contributed by atoms with van der Waals surface area (Å²) in [4.78, 5) is 24.2. The van der Waals surface area contributed by atoms with E-state index < -0.39 is 11.9 Å². The Labute approximate surface area is 95.6 Å². The molecular formula is C12H19NO3. The van der Waals surface area contributed by atoms with Crippen LogP contribution in [0.1, 0.15) is 32.6 Å². The number of carboxylic acids is 1. The second-order valence-electron chi connectivity index (χ2n) is 5.21. The second-order valence-corrected chi connectivity index (χ2v) is 5.21. The van der Waals surface area contributed by atoms with E-state index in [0.29, 0.717) is 18.4 Å². The summed E-state index contributed by atoms with van der Waals surface area (Å²) in [7, 11) is 0. The molecule has 2 rings (SSSR count). The average molecular weight is 225 g/mol. The fraction of sp³-hybridized carbons (Fsp3) is 0.833. The largest absolute Gasteiger partial charge is 0.481 e. The Morgan fingerprint density at radius 3 is 2.75 bits per heavy atom. The number of nitrogens with zero attached hydrogens (tertiary/aromatic N) is 1. The van der Waals surface area contributed by atoms with Gasteiger partial charge in [0.15, 0.2) is 0 Å². The Kier molecular flexibility index (Phi) is 3.17. The van der Waals surface area contributed by atoms with Gasteiger partial charge in [-0.1, -0.05) is 19.8 Å². The number of amides is 1. The van der Waals surface area contributed by atoms with E-state index in [1.807, 2.05) is 0 Å². The van der Waals surface area contributed by atoms with E-state index in [1.54, 1.807) is 4.90 Å². The third-order valence-electron chi connectivity index (χ3n) is 4.06. The minimum absolute atomic E-state index is 0.0199. The van der Waals surface area contributed by atoms with E-state index >= 15 is 0 Å². The Hall–Kier alpha value is -1.06. The molecule has 2 fully saturated rings. The second kappa shape index (κ2) is 4.44. The highest BCUT2D eigenvalue weighted by atomic mass is 16.4. The third-order valence-corrected chi connectivity index (χ3v) is 4.06. The first-order valence-corrected chi connectivity index (χ1v) is 6.08. The molecule has 2 aliphatic rings. The summed E-state index contributed by atoms with van der Waals surface area (Å²) < 4.78 is 0. The van der Waals surface area contributed by atoms with Crippen molar-refractivity contribution in [2.24, 2.45) is 17.8 Å². The summed E-state index contributed by atoms with van der Waals surface area (Å²) in [6.45, 7) is 3.41. The van der Waals surface area contributed by atoms with E-state index in [9.17, 15) is 9.59 Å². The van der Waals surface area contributed by atoms with E-state index in [-0.39, 0.29) is 12.3 Å². The average Bonchev–Trinajstić information content (AvgIpc) is 2.76. The van der Waals surface area contributed by atoms with Crippen molar-refractivity contribution < 1.29 is 14.7 Å². The summed E-state index contributed by atoms with van der Waals surface area (Å²) in [5, 5.41) is 8.88. The molecule has 1 aliphatic heterocycles. The van der Waals surface area contributed by atoms with Crippen molar-refractivity contribution in [3.05, 3.63) is 0 Å². The smallest absolute Gasteiger partial charge is 0.308 e. The highest BCUT2D eigenvalue weighted by molar-refractivity contribution is 5.86. The number of carboxylic acid groups (broad SMARTS) is 1. The van der Waals surface area contributed by atoms with Crippen LogP contribution in [0, 0.1) is 17.8 Å². The lowest BCUT2D eigenvalue weighted by Crippen LogP contribution is -2.32. The molecule has 4 nitrogen and oxygen atoms in total. The number of hydrogen-bond donors (Lipinski definition) is 1. The molecule has 4 heteroatoms. The fourth-order valence-electron chi connectivity index (χ4n) is 2.89. The van der Waals surface area contributed by atoms with Gasteiger partial charge in [0, 0.05) is 19.5 Å². The number of carbonyl (C=O) groups is 2. The molecule has 3 atom stereocenters. The first kappa shape index (κ1) is 11.4. The van der Waals surface area contributed by atoms with Crippen LogP contribution in [0.3, 0.4) is 0 Å². The van der Waals surface area contributed by atoms with Gasteiger partial charge in [-0.15, -0.1) is 0 Å². The summed E-state index contributed by atoms with van der Waals surface area (Å²) in [5.74, 6) is -0.0424. The Morgan fingerprint density at radius 1 is 1.50 bits per heavy atom. The van der Waals surface area contributed by atoms with Gasteiger partial charge in [0.25, 0.3) is 0 Å². The zero-order chi connectivity index (χ0) is 11.7. The van der Waals surface area contributed by atoms with Gasteiger partial charge in [-0.25, -0.2) is 0 Å². The van der Waals surface area contributed by atoms with Crippen LogP contribution in [0.4, 0.5) is 0 Å². The molecule has 90 valence electrons. The van der Waals surface area contributed by atoms with E-state index in [2.05, 4.69) is 6.92 Å². The molecule has 1 aliphatic carbocycles. The lowest BCUT2D eigenvalue weighted by atomic mass is 9.98. The molecule has 0 aromatic carbocycles. The Morgan fingerprint density at radius 2 is 2.25 bits per heavy atom. The first-order chi connectivity index (χ1) is 7.58. The molecule has 0 aromatic rings. The maximum atomic E-state index is 11.6. The van der Waals surface area contributed by atoms with Crippen molar-refractivity contribution in [3.8, 4) is 0 Å². The van der Waals surface area contributed by atoms with Crippen LogP contribution < -0.4 is 0 Å². The molecular weight excluding hydrogens is 206 g/mol. The third kappa shape index (κ3) is 2.20. The van der Waals surface area contributed by atoms with Crippen LogP contribution in [0.2, 0.25) is 0 Å². The van der Waals surface area contributed by atoms with Crippen LogP contribution in [-0.2, 0) is 9.59 Å². The van der Waals surface area contributed by atoms with Crippen LogP contribution in [0.15, 0.2) is 0 Å². The normalized spacial score (nSPS) is 34.7. The molecule has 0 aromatic heterocycles. The highest BCUT2D eigenvalue weighted by Gasteiger charge is 2.36. The van der Waals surface area contributed by atoms with Crippen molar-refractivity contribution in [1.82, 2.24) is 4.90 Å². The predicted molar refractivity (Wildman–Crippen MR) is 58.8 cm³/mol. The van der Waals surface area contributed by atoms with Crippen molar-refractivity contribution >= 4 is 11.9 Å². The Bertz CT molecular complexity index is 303. The number of likely N-dealkylation sites (tertiary alicyclic amines) is 1. The number of rotatable bonds is 3. The summed E-state index contributed by atoms with van der Waals surface area (Å²) >= 11 is 0. The molecule has 1 heterocycles. The molecule has 0 radical (unpaired) electrons. The zero-order valence-corrected chi connectivity index (χ0v) is 9.69. The quantitative estimate of drug-likeness (QED) is 0.789. The fourth-order valence-corrected chi connectivity index (χ4v) is 2.89. The number of aliphatic carboxylic acids is 1. The van der Waals surface area contributed by atoms with Gasteiger partial charge in [0.2, 0.25) is 5.91 Å². The Balaban J connectivity index is 1.91. The van der Waals surface area contributed by atoms with Crippen LogP contribution >= 0.6 is 0 Å². The SMILES string of the molecule is CC1CCCC1CN1CC(C(=O)O)CC1=O. The van der Waals surface area contributed by atoms with Gasteiger partial charge in [-0.2, -0.15) is 0 Å². The topological polar surface area (TPSA) is 57.6 Å². The highest BCUT2D eigenvalue weighted by Crippen LogP contribution is 2.33. The number of carbonyl (C=O) groups excluding carboxylic acids is 1. The molecule has 1 saturated carbocycles. The minimum atomic E-state index is -0.838. The molecule has 1 saturated heterocycles. The van der Waals surface area contributed by atoms with Gasteiger partial charge in [-0.3, -0.25) is 9.59 Å². The van der Waals surface area contributed by atoms with Gasteiger partial charge in [0.05, 0.1) is 5.92 Å². The summed E-state index contributed by atoms with van der Waals surface area (Å²) in [5.41, 5.74) is 0. The van der Waals surface area contributed by atoms with Crippen molar-refractivity contribution in [2.75, 3.05) is 13.1 Å². The molecule has 1 N–H and O–H groups in total. The van der Waals surface area contributed by atoms with Crippen molar-refractivity contribution in [2.45, 2.75) is 32.6 Å². The van der Waals surface area contributed by atoms with E-state index in [1.165, 1.54) is 19.3 Å². The van der Waals surface area contributed by atoms with Crippen LogP contribution in [-0.4, -0.2) is 35.0 Å². The minimum Gasteiger partial charge on any atom is -0.481 e. The lowest BCUT2D eigenvalue weighted by molar-refractivity contribution is -0.141. The number of hydrogen-bond acceptors (Lipinski definition) is 2. The predicted octanol–water partition coefficient (Wildman–Crippen LogP) is 1.36. The molecule has 16 heavy (non-hydrogen) atoms. The van der Waals surface area contributed by atoms with Gasteiger partial charge < -0.3 is 10.0 Å². The first-order valence-electron chi connectivity index (χ1n) is 6.08. The van der Waals surface area contributed by atoms with Crippen molar-refractivity contribution in [1.29, 1.82) is 0 Å². The van der Waals surface area contributed by atoms with E-state index in [0.717, 1.165) is 6.54 Å². The van der Waals surface area contributed by atoms with Gasteiger partial charge >= 0.3 is 5.97 Å². The zero-order valence-electron chi connectivity index (χ0n) is 9.69. The van der Waals surface area contributed by atoms with Crippen LogP contribution in [0.25, 0.3) is 0 Å². The van der Waals surface area contributed by atoms with Crippen LogP contribution in [0.5, 0.6) is 0 Å². The van der Waals surface area contributed by atoms with E-state index in [4.69, 9.17) is 5.11 Å². The molecule has 0 spiro atoms. The van der Waals surface area contributed by atoms with Crippen molar-refractivity contribution in [3.63, 3.8) is 0 Å². The summed E-state index contributed by atoms with van der Waals surface area (Å²) in [6.07, 6.45) is 3.87. The lowest BCUT2D eigenvalue weighted by Gasteiger charge is -2.23. The molecule has 1 amide bonds. The molecule has 0 bridgehead atoms. The maximum absolute atomic E-state index is 11.6. The van der Waals surface area contributed by atoms with Gasteiger partial charge in [0.1, 0.15) is 0 Å². The van der Waals surface area contributed by atoms with Gasteiger partial charge in [-0.05, 0) is 18.3 Å². The maximum Gasteiger partial charge on any atom is 0.308 e. The summed E-state index contributed by atoms with van der Waals surface area (Å²) in [6, 6.07) is 0. The standard InChI is InChI=1S/C12H19NO3/c1-8-3-2-4-9(8)6-13-7-10(12(15)16)5-11(13)14/h8-10H,2-7H2,1H3,(H,15,16).